The van der Waals surface area contributed by atoms with Gasteiger partial charge in [-0.05, 0) is 25.5 Å². The zero-order valence-corrected chi connectivity index (χ0v) is 10.1. The van der Waals surface area contributed by atoms with Gasteiger partial charge in [-0.3, -0.25) is 4.79 Å². The second kappa shape index (κ2) is 5.94. The standard InChI is InChI=1S/C13H17NO3/c1-3-8-14(13(17)10(2)9-15)11-6-4-5-7-12(11)16/h4-7,9,15-16H,3,8H2,1-2H3. The number of amides is 1. The molecular formula is C13H17NO3. The molecule has 0 spiro atoms. The fourth-order valence-corrected chi connectivity index (χ4v) is 1.52. The second-order valence-electron chi connectivity index (χ2n) is 3.76. The predicted octanol–water partition coefficient (Wildman–Crippen LogP) is 2.60. The SMILES string of the molecule is CCCN(C(=O)C(C)=CO)c1ccccc1O. The van der Waals surface area contributed by atoms with Crippen molar-refractivity contribution in [2.24, 2.45) is 0 Å². The van der Waals surface area contributed by atoms with E-state index in [4.69, 9.17) is 5.11 Å². The summed E-state index contributed by atoms with van der Waals surface area (Å²) in [5.41, 5.74) is 0.697. The predicted molar refractivity (Wildman–Crippen MR) is 67.1 cm³/mol. The average Bonchev–Trinajstić information content (AvgIpc) is 2.35. The maximum Gasteiger partial charge on any atom is 0.257 e. The summed E-state index contributed by atoms with van der Waals surface area (Å²) >= 11 is 0. The molecule has 0 heterocycles. The van der Waals surface area contributed by atoms with Crippen molar-refractivity contribution < 1.29 is 15.0 Å². The number of phenolic OH excluding ortho intramolecular Hbond substituents is 1. The molecule has 0 unspecified atom stereocenters. The van der Waals surface area contributed by atoms with Crippen molar-refractivity contribution in [3.05, 3.63) is 36.1 Å². The van der Waals surface area contributed by atoms with E-state index in [0.717, 1.165) is 12.7 Å². The van der Waals surface area contributed by atoms with E-state index in [1.54, 1.807) is 18.2 Å². The van der Waals surface area contributed by atoms with Gasteiger partial charge in [-0.2, -0.15) is 0 Å². The first-order valence-electron chi connectivity index (χ1n) is 5.52. The lowest BCUT2D eigenvalue weighted by Crippen LogP contribution is -2.32. The summed E-state index contributed by atoms with van der Waals surface area (Å²) in [7, 11) is 0. The van der Waals surface area contributed by atoms with Crippen molar-refractivity contribution in [3.63, 3.8) is 0 Å². The summed E-state index contributed by atoms with van der Waals surface area (Å²) in [6.07, 6.45) is 1.55. The summed E-state index contributed by atoms with van der Waals surface area (Å²) < 4.78 is 0. The van der Waals surface area contributed by atoms with E-state index in [1.807, 2.05) is 6.92 Å². The van der Waals surface area contributed by atoms with Crippen LogP contribution in [0.15, 0.2) is 36.1 Å². The zero-order valence-electron chi connectivity index (χ0n) is 10.1. The Hall–Kier alpha value is -1.97. The van der Waals surface area contributed by atoms with Gasteiger partial charge in [0.1, 0.15) is 5.75 Å². The fraction of sp³-hybridized carbons (Fsp3) is 0.308. The fourth-order valence-electron chi connectivity index (χ4n) is 1.52. The number of hydrogen-bond donors (Lipinski definition) is 2. The van der Waals surface area contributed by atoms with Crippen molar-refractivity contribution >= 4 is 11.6 Å². The number of aromatic hydroxyl groups is 1. The number of hydrogen-bond acceptors (Lipinski definition) is 3. The third-order valence-electron chi connectivity index (χ3n) is 2.40. The summed E-state index contributed by atoms with van der Waals surface area (Å²) in [4.78, 5) is 13.5. The minimum atomic E-state index is -0.309. The van der Waals surface area contributed by atoms with Crippen LogP contribution >= 0.6 is 0 Å². The lowest BCUT2D eigenvalue weighted by Gasteiger charge is -2.23. The van der Waals surface area contributed by atoms with Gasteiger partial charge in [0.05, 0.1) is 11.9 Å². The lowest BCUT2D eigenvalue weighted by molar-refractivity contribution is -0.115. The molecule has 17 heavy (non-hydrogen) atoms. The first-order valence-corrected chi connectivity index (χ1v) is 5.52. The number of rotatable bonds is 4. The summed E-state index contributed by atoms with van der Waals surface area (Å²) in [5.74, 6) is -0.254. The molecule has 0 fully saturated rings. The normalized spacial score (nSPS) is 11.3. The second-order valence-corrected chi connectivity index (χ2v) is 3.76. The summed E-state index contributed by atoms with van der Waals surface area (Å²) in [6, 6.07) is 6.65. The molecule has 0 aromatic heterocycles. The van der Waals surface area contributed by atoms with E-state index in [0.29, 0.717) is 12.2 Å². The van der Waals surface area contributed by atoms with Gasteiger partial charge in [0, 0.05) is 12.1 Å². The number of nitrogens with zero attached hydrogens (tertiary/aromatic N) is 1. The molecule has 0 saturated carbocycles. The molecule has 92 valence electrons. The highest BCUT2D eigenvalue weighted by atomic mass is 16.3. The van der Waals surface area contributed by atoms with Crippen LogP contribution in [-0.4, -0.2) is 22.7 Å². The molecule has 4 heteroatoms. The first-order chi connectivity index (χ1) is 8.11. The Morgan fingerprint density at radius 1 is 1.41 bits per heavy atom. The van der Waals surface area contributed by atoms with Crippen LogP contribution in [0.25, 0.3) is 0 Å². The first kappa shape index (κ1) is 13.1. The maximum absolute atomic E-state index is 12.0. The Bertz CT molecular complexity index is 426. The van der Waals surface area contributed by atoms with Crippen molar-refractivity contribution in [1.82, 2.24) is 0 Å². The van der Waals surface area contributed by atoms with Crippen molar-refractivity contribution in [2.45, 2.75) is 20.3 Å². The molecule has 2 N–H and O–H groups in total. The molecule has 1 rings (SSSR count). The van der Waals surface area contributed by atoms with E-state index in [1.165, 1.54) is 17.9 Å². The number of anilines is 1. The van der Waals surface area contributed by atoms with Gasteiger partial charge in [-0.15, -0.1) is 0 Å². The maximum atomic E-state index is 12.0. The van der Waals surface area contributed by atoms with Gasteiger partial charge in [0.15, 0.2) is 0 Å². The van der Waals surface area contributed by atoms with Crippen LogP contribution in [0.1, 0.15) is 20.3 Å². The van der Waals surface area contributed by atoms with Crippen molar-refractivity contribution in [2.75, 3.05) is 11.4 Å². The highest BCUT2D eigenvalue weighted by molar-refractivity contribution is 6.05. The van der Waals surface area contributed by atoms with Crippen LogP contribution in [-0.2, 0) is 4.79 Å². The minimum absolute atomic E-state index is 0.0556. The van der Waals surface area contributed by atoms with E-state index in [9.17, 15) is 9.90 Å². The zero-order chi connectivity index (χ0) is 12.8. The van der Waals surface area contributed by atoms with Gasteiger partial charge < -0.3 is 15.1 Å². The molecule has 1 aromatic carbocycles. The Morgan fingerprint density at radius 2 is 2.06 bits per heavy atom. The molecule has 1 aromatic rings. The Morgan fingerprint density at radius 3 is 2.59 bits per heavy atom. The molecule has 0 aliphatic carbocycles. The van der Waals surface area contributed by atoms with Gasteiger partial charge in [0.25, 0.3) is 5.91 Å². The van der Waals surface area contributed by atoms with Gasteiger partial charge in [-0.25, -0.2) is 0 Å². The Balaban J connectivity index is 3.10. The van der Waals surface area contributed by atoms with Crippen LogP contribution in [0, 0.1) is 0 Å². The number of carbonyl (C=O) groups is 1. The quantitative estimate of drug-likeness (QED) is 0.623. The van der Waals surface area contributed by atoms with Gasteiger partial charge in [0.2, 0.25) is 0 Å². The third-order valence-corrected chi connectivity index (χ3v) is 2.40. The topological polar surface area (TPSA) is 60.8 Å². The molecule has 0 atom stereocenters. The lowest BCUT2D eigenvalue weighted by atomic mass is 10.2. The van der Waals surface area contributed by atoms with Crippen LogP contribution in [0.3, 0.4) is 0 Å². The molecule has 1 amide bonds. The largest absolute Gasteiger partial charge is 0.515 e. The number of phenols is 1. The summed E-state index contributed by atoms with van der Waals surface area (Å²) in [6.45, 7) is 3.96. The third kappa shape index (κ3) is 3.00. The van der Waals surface area contributed by atoms with Gasteiger partial charge >= 0.3 is 0 Å². The van der Waals surface area contributed by atoms with Crippen LogP contribution < -0.4 is 4.90 Å². The minimum Gasteiger partial charge on any atom is -0.515 e. The van der Waals surface area contributed by atoms with E-state index in [-0.39, 0.29) is 17.2 Å². The highest BCUT2D eigenvalue weighted by Gasteiger charge is 2.18. The van der Waals surface area contributed by atoms with Crippen molar-refractivity contribution in [3.8, 4) is 5.75 Å². The average molecular weight is 235 g/mol. The molecule has 0 bridgehead atoms. The Kier molecular flexibility index (Phi) is 4.57. The number of aliphatic hydroxyl groups is 1. The van der Waals surface area contributed by atoms with Crippen LogP contribution in [0.2, 0.25) is 0 Å². The number of benzene rings is 1. The highest BCUT2D eigenvalue weighted by Crippen LogP contribution is 2.27. The molecule has 4 nitrogen and oxygen atoms in total. The molecule has 0 aliphatic heterocycles. The van der Waals surface area contributed by atoms with Crippen LogP contribution in [0.5, 0.6) is 5.75 Å². The number of para-hydroxylation sites is 2. The van der Waals surface area contributed by atoms with E-state index < -0.39 is 0 Å². The molecule has 0 saturated heterocycles. The van der Waals surface area contributed by atoms with Gasteiger partial charge in [-0.1, -0.05) is 19.1 Å². The van der Waals surface area contributed by atoms with E-state index >= 15 is 0 Å². The monoisotopic (exact) mass is 235 g/mol. The van der Waals surface area contributed by atoms with Crippen molar-refractivity contribution in [1.29, 1.82) is 0 Å². The van der Waals surface area contributed by atoms with E-state index in [2.05, 4.69) is 0 Å². The number of aliphatic hydroxyl groups excluding tert-OH is 1. The molecular weight excluding hydrogens is 218 g/mol. The smallest absolute Gasteiger partial charge is 0.257 e. The molecule has 0 radical (unpaired) electrons. The molecule has 0 aliphatic rings. The number of carbonyl (C=O) groups excluding carboxylic acids is 1. The Labute approximate surface area is 101 Å². The van der Waals surface area contributed by atoms with Crippen LogP contribution in [0.4, 0.5) is 5.69 Å². The summed E-state index contributed by atoms with van der Waals surface area (Å²) in [5, 5.41) is 18.6.